The molecule has 5 heteroatoms. The first-order valence-corrected chi connectivity index (χ1v) is 6.99. The van der Waals surface area contributed by atoms with Crippen LogP contribution in [0, 0.1) is 13.8 Å². The molecule has 0 amide bonds. The first-order chi connectivity index (χ1) is 9.76. The number of nitrogens with two attached hydrogens (primary N) is 1. The zero-order chi connectivity index (χ0) is 15.6. The normalized spacial score (nSPS) is 11.3. The number of anilines is 4. The number of aromatic nitrogens is 2. The van der Waals surface area contributed by atoms with Gasteiger partial charge >= 0.3 is 0 Å². The van der Waals surface area contributed by atoms with E-state index in [-0.39, 0.29) is 5.54 Å². The van der Waals surface area contributed by atoms with E-state index in [2.05, 4.69) is 67.4 Å². The van der Waals surface area contributed by atoms with Crippen LogP contribution in [0.15, 0.2) is 24.5 Å². The van der Waals surface area contributed by atoms with Crippen LogP contribution in [0.1, 0.15) is 31.9 Å². The van der Waals surface area contributed by atoms with Crippen molar-refractivity contribution in [1.82, 2.24) is 9.97 Å². The molecular weight excluding hydrogens is 262 g/mol. The summed E-state index contributed by atoms with van der Waals surface area (Å²) in [5.41, 5.74) is 9.95. The number of hydrogen-bond acceptors (Lipinski definition) is 5. The number of benzene rings is 1. The lowest BCUT2D eigenvalue weighted by Crippen LogP contribution is -2.27. The van der Waals surface area contributed by atoms with E-state index in [0.717, 1.165) is 11.3 Å². The molecule has 4 N–H and O–H groups in total. The molecule has 2 aromatic rings. The number of hydrogen-bond donors (Lipinski definition) is 3. The van der Waals surface area contributed by atoms with Crippen LogP contribution in [0.3, 0.4) is 0 Å². The van der Waals surface area contributed by atoms with Crippen molar-refractivity contribution in [1.29, 1.82) is 0 Å². The van der Waals surface area contributed by atoms with Gasteiger partial charge in [-0.1, -0.05) is 17.7 Å². The van der Waals surface area contributed by atoms with Gasteiger partial charge in [-0.05, 0) is 46.2 Å². The predicted molar refractivity (Wildman–Crippen MR) is 89.0 cm³/mol. The standard InChI is InChI=1S/C16H23N5/c1-10-6-7-12(11(2)8-10)20-14-13(17)15(19-9-18-14)21-16(3,4)5/h6-9H,17H2,1-5H3,(H2,18,19,20,21). The molecule has 0 unspecified atom stereocenters. The summed E-state index contributed by atoms with van der Waals surface area (Å²) in [5.74, 6) is 1.26. The van der Waals surface area contributed by atoms with Crippen molar-refractivity contribution < 1.29 is 0 Å². The Labute approximate surface area is 126 Å². The van der Waals surface area contributed by atoms with Gasteiger partial charge in [-0.3, -0.25) is 0 Å². The van der Waals surface area contributed by atoms with Crippen LogP contribution < -0.4 is 16.4 Å². The number of rotatable bonds is 3. The predicted octanol–water partition coefficient (Wildman–Crippen LogP) is 3.63. The lowest BCUT2D eigenvalue weighted by atomic mass is 10.1. The largest absolute Gasteiger partial charge is 0.393 e. The highest BCUT2D eigenvalue weighted by molar-refractivity contribution is 5.78. The Morgan fingerprint density at radius 2 is 1.71 bits per heavy atom. The first-order valence-electron chi connectivity index (χ1n) is 6.99. The Hall–Kier alpha value is -2.30. The fourth-order valence-electron chi connectivity index (χ4n) is 2.03. The third kappa shape index (κ3) is 3.84. The third-order valence-electron chi connectivity index (χ3n) is 3.01. The maximum atomic E-state index is 6.17. The van der Waals surface area contributed by atoms with Crippen LogP contribution in [0.4, 0.5) is 23.0 Å². The molecule has 0 bridgehead atoms. The summed E-state index contributed by atoms with van der Waals surface area (Å²) < 4.78 is 0. The number of aryl methyl sites for hydroxylation is 2. The third-order valence-corrected chi connectivity index (χ3v) is 3.01. The fourth-order valence-corrected chi connectivity index (χ4v) is 2.03. The molecule has 21 heavy (non-hydrogen) atoms. The molecule has 0 aliphatic carbocycles. The highest BCUT2D eigenvalue weighted by Crippen LogP contribution is 2.28. The van der Waals surface area contributed by atoms with Crippen LogP contribution in [-0.2, 0) is 0 Å². The molecule has 0 saturated heterocycles. The summed E-state index contributed by atoms with van der Waals surface area (Å²) in [4.78, 5) is 8.46. The molecule has 0 aliphatic rings. The minimum atomic E-state index is -0.112. The second-order valence-corrected chi connectivity index (χ2v) is 6.30. The van der Waals surface area contributed by atoms with E-state index in [1.54, 1.807) is 0 Å². The second kappa shape index (κ2) is 5.60. The first kappa shape index (κ1) is 15.1. The second-order valence-electron chi connectivity index (χ2n) is 6.30. The van der Waals surface area contributed by atoms with Gasteiger partial charge in [0.25, 0.3) is 0 Å². The number of nitrogen functional groups attached to an aromatic ring is 1. The smallest absolute Gasteiger partial charge is 0.159 e. The molecule has 0 radical (unpaired) electrons. The van der Waals surface area contributed by atoms with Gasteiger partial charge in [0.05, 0.1) is 0 Å². The van der Waals surface area contributed by atoms with Gasteiger partial charge in [0.2, 0.25) is 0 Å². The minimum Gasteiger partial charge on any atom is -0.393 e. The summed E-state index contributed by atoms with van der Waals surface area (Å²) >= 11 is 0. The molecule has 1 aromatic carbocycles. The molecule has 1 heterocycles. The minimum absolute atomic E-state index is 0.112. The Kier molecular flexibility index (Phi) is 4.02. The number of nitrogens with one attached hydrogen (secondary N) is 2. The lowest BCUT2D eigenvalue weighted by Gasteiger charge is -2.23. The van der Waals surface area contributed by atoms with Gasteiger partial charge in [0.1, 0.15) is 12.0 Å². The van der Waals surface area contributed by atoms with Crippen LogP contribution >= 0.6 is 0 Å². The zero-order valence-electron chi connectivity index (χ0n) is 13.3. The Bertz CT molecular complexity index is 644. The van der Waals surface area contributed by atoms with Crippen molar-refractivity contribution in [3.63, 3.8) is 0 Å². The molecule has 0 saturated carbocycles. The van der Waals surface area contributed by atoms with E-state index in [0.29, 0.717) is 17.3 Å². The van der Waals surface area contributed by atoms with Crippen molar-refractivity contribution in [2.75, 3.05) is 16.4 Å². The Morgan fingerprint density at radius 1 is 1.05 bits per heavy atom. The van der Waals surface area contributed by atoms with Crippen molar-refractivity contribution in [3.8, 4) is 0 Å². The molecule has 0 aliphatic heterocycles. The van der Waals surface area contributed by atoms with E-state index in [9.17, 15) is 0 Å². The topological polar surface area (TPSA) is 75.9 Å². The van der Waals surface area contributed by atoms with E-state index >= 15 is 0 Å². The molecule has 112 valence electrons. The van der Waals surface area contributed by atoms with Crippen LogP contribution in [-0.4, -0.2) is 15.5 Å². The van der Waals surface area contributed by atoms with Crippen molar-refractivity contribution in [2.45, 2.75) is 40.2 Å². The molecule has 0 fully saturated rings. The molecule has 5 nitrogen and oxygen atoms in total. The molecule has 2 rings (SSSR count). The summed E-state index contributed by atoms with van der Waals surface area (Å²) in [6, 6.07) is 6.21. The average Bonchev–Trinajstić information content (AvgIpc) is 2.35. The molecule has 0 atom stereocenters. The molecule has 0 spiro atoms. The molecule has 1 aromatic heterocycles. The van der Waals surface area contributed by atoms with E-state index in [4.69, 9.17) is 5.73 Å². The van der Waals surface area contributed by atoms with Gasteiger partial charge < -0.3 is 16.4 Å². The highest BCUT2D eigenvalue weighted by Gasteiger charge is 2.15. The van der Waals surface area contributed by atoms with Gasteiger partial charge in [0.15, 0.2) is 11.6 Å². The molecular formula is C16H23N5. The monoisotopic (exact) mass is 285 g/mol. The van der Waals surface area contributed by atoms with E-state index in [1.165, 1.54) is 11.9 Å². The maximum absolute atomic E-state index is 6.17. The maximum Gasteiger partial charge on any atom is 0.159 e. The Balaban J connectivity index is 2.30. The van der Waals surface area contributed by atoms with Crippen molar-refractivity contribution in [3.05, 3.63) is 35.7 Å². The quantitative estimate of drug-likeness (QED) is 0.803. The summed E-state index contributed by atoms with van der Waals surface area (Å²) in [6.45, 7) is 10.3. The van der Waals surface area contributed by atoms with Gasteiger partial charge in [-0.15, -0.1) is 0 Å². The zero-order valence-corrected chi connectivity index (χ0v) is 13.3. The van der Waals surface area contributed by atoms with Crippen molar-refractivity contribution >= 4 is 23.0 Å². The lowest BCUT2D eigenvalue weighted by molar-refractivity contribution is 0.630. The summed E-state index contributed by atoms with van der Waals surface area (Å²) in [7, 11) is 0. The highest BCUT2D eigenvalue weighted by atomic mass is 15.1. The van der Waals surface area contributed by atoms with E-state index < -0.39 is 0 Å². The van der Waals surface area contributed by atoms with Crippen LogP contribution in [0.2, 0.25) is 0 Å². The van der Waals surface area contributed by atoms with Crippen LogP contribution in [0.5, 0.6) is 0 Å². The SMILES string of the molecule is Cc1ccc(Nc2ncnc(NC(C)(C)C)c2N)c(C)c1. The van der Waals surface area contributed by atoms with Crippen LogP contribution in [0.25, 0.3) is 0 Å². The van der Waals surface area contributed by atoms with Gasteiger partial charge in [-0.25, -0.2) is 9.97 Å². The summed E-state index contributed by atoms with van der Waals surface area (Å²) in [6.07, 6.45) is 1.51. The van der Waals surface area contributed by atoms with Crippen molar-refractivity contribution in [2.24, 2.45) is 0 Å². The number of nitrogens with zero attached hydrogens (tertiary/aromatic N) is 2. The van der Waals surface area contributed by atoms with Gasteiger partial charge in [-0.2, -0.15) is 0 Å². The van der Waals surface area contributed by atoms with E-state index in [1.807, 2.05) is 6.07 Å². The average molecular weight is 285 g/mol. The summed E-state index contributed by atoms with van der Waals surface area (Å²) in [5, 5.41) is 6.56. The van der Waals surface area contributed by atoms with Gasteiger partial charge in [0, 0.05) is 11.2 Å². The Morgan fingerprint density at radius 3 is 2.33 bits per heavy atom. The fraction of sp³-hybridized carbons (Fsp3) is 0.375.